The van der Waals surface area contributed by atoms with Gasteiger partial charge in [0.25, 0.3) is 0 Å². The van der Waals surface area contributed by atoms with Gasteiger partial charge in [-0.05, 0) is 24.6 Å². The second-order valence-corrected chi connectivity index (χ2v) is 7.11. The van der Waals surface area contributed by atoms with Crippen LogP contribution in [0.25, 0.3) is 0 Å². The summed E-state index contributed by atoms with van der Waals surface area (Å²) >= 11 is 1.39. The maximum absolute atomic E-state index is 12.1. The minimum Gasteiger partial charge on any atom is -0.349 e. The molecular formula is C20H23N3O3S. The lowest BCUT2D eigenvalue weighted by molar-refractivity contribution is -0.128. The predicted octanol–water partition coefficient (Wildman–Crippen LogP) is 2.50. The minimum absolute atomic E-state index is 0.0228. The van der Waals surface area contributed by atoms with Crippen molar-refractivity contribution in [3.63, 3.8) is 0 Å². The number of aryl methyl sites for hydroxylation is 1. The van der Waals surface area contributed by atoms with Gasteiger partial charge in [0.2, 0.25) is 17.7 Å². The van der Waals surface area contributed by atoms with Gasteiger partial charge < -0.3 is 5.32 Å². The van der Waals surface area contributed by atoms with E-state index in [1.54, 1.807) is 0 Å². The van der Waals surface area contributed by atoms with Crippen molar-refractivity contribution in [1.82, 2.24) is 16.2 Å². The number of carbonyl (C=O) groups is 3. The highest BCUT2D eigenvalue weighted by molar-refractivity contribution is 8.00. The van der Waals surface area contributed by atoms with Crippen LogP contribution in [0.1, 0.15) is 30.5 Å². The molecule has 27 heavy (non-hydrogen) atoms. The molecule has 2 rings (SSSR count). The zero-order valence-corrected chi connectivity index (χ0v) is 16.1. The molecule has 142 valence electrons. The van der Waals surface area contributed by atoms with Crippen LogP contribution in [0, 0.1) is 6.92 Å². The van der Waals surface area contributed by atoms with E-state index in [1.807, 2.05) is 61.5 Å². The first-order valence-electron chi connectivity index (χ1n) is 8.53. The predicted molar refractivity (Wildman–Crippen MR) is 106 cm³/mol. The lowest BCUT2D eigenvalue weighted by Gasteiger charge is -2.18. The molecule has 0 aliphatic rings. The molecule has 0 spiro atoms. The van der Waals surface area contributed by atoms with Gasteiger partial charge in [0.1, 0.15) is 0 Å². The molecule has 2 aromatic rings. The molecule has 0 aromatic heterocycles. The summed E-state index contributed by atoms with van der Waals surface area (Å²) in [5.74, 6) is -0.719. The number of hydrazine groups is 1. The van der Waals surface area contributed by atoms with E-state index in [4.69, 9.17) is 0 Å². The highest BCUT2D eigenvalue weighted by Crippen LogP contribution is 2.18. The summed E-state index contributed by atoms with van der Waals surface area (Å²) in [5.41, 5.74) is 6.78. The van der Waals surface area contributed by atoms with Crippen molar-refractivity contribution in [2.45, 2.75) is 31.2 Å². The van der Waals surface area contributed by atoms with Gasteiger partial charge in [0, 0.05) is 11.8 Å². The Morgan fingerprint density at radius 3 is 2.19 bits per heavy atom. The maximum atomic E-state index is 12.1. The summed E-state index contributed by atoms with van der Waals surface area (Å²) in [5, 5.41) is 2.75. The Morgan fingerprint density at radius 1 is 0.926 bits per heavy atom. The fourth-order valence-corrected chi connectivity index (χ4v) is 3.08. The third-order valence-electron chi connectivity index (χ3n) is 3.70. The Kier molecular flexibility index (Phi) is 7.88. The Hall–Kier alpha value is -2.80. The highest BCUT2D eigenvalue weighted by Gasteiger charge is 2.17. The summed E-state index contributed by atoms with van der Waals surface area (Å²) in [6, 6.07) is 16.6. The molecule has 1 atom stereocenters. The van der Waals surface area contributed by atoms with Gasteiger partial charge in [-0.1, -0.05) is 48.0 Å². The normalized spacial score (nSPS) is 11.3. The van der Waals surface area contributed by atoms with Gasteiger partial charge in [-0.15, -0.1) is 11.8 Å². The average Bonchev–Trinajstić information content (AvgIpc) is 2.66. The van der Waals surface area contributed by atoms with Crippen molar-refractivity contribution in [2.75, 3.05) is 5.75 Å². The molecule has 0 unspecified atom stereocenters. The third-order valence-corrected chi connectivity index (χ3v) is 4.71. The lowest BCUT2D eigenvalue weighted by Crippen LogP contribution is -2.44. The number of thioether (sulfide) groups is 1. The van der Waals surface area contributed by atoms with Crippen LogP contribution in [0.4, 0.5) is 0 Å². The highest BCUT2D eigenvalue weighted by atomic mass is 32.2. The Balaban J connectivity index is 1.80. The molecule has 0 radical (unpaired) electrons. The lowest BCUT2D eigenvalue weighted by atomic mass is 10.0. The SMILES string of the molecule is CC(=O)N[C@H](CC(=O)NNC(=O)CSc1ccc(C)cc1)c1ccccc1. The van der Waals surface area contributed by atoms with Crippen LogP contribution in [-0.2, 0) is 14.4 Å². The van der Waals surface area contributed by atoms with Crippen molar-refractivity contribution in [3.05, 3.63) is 65.7 Å². The molecular weight excluding hydrogens is 362 g/mol. The van der Waals surface area contributed by atoms with Gasteiger partial charge in [0.05, 0.1) is 18.2 Å². The fourth-order valence-electron chi connectivity index (χ4n) is 2.38. The fraction of sp³-hybridized carbons (Fsp3) is 0.250. The quantitative estimate of drug-likeness (QED) is 0.505. The van der Waals surface area contributed by atoms with Gasteiger partial charge >= 0.3 is 0 Å². The molecule has 0 aliphatic carbocycles. The molecule has 0 heterocycles. The Bertz CT molecular complexity index is 779. The molecule has 0 aliphatic heterocycles. The van der Waals surface area contributed by atoms with Crippen molar-refractivity contribution in [2.24, 2.45) is 0 Å². The number of carbonyl (C=O) groups excluding carboxylic acids is 3. The molecule has 3 N–H and O–H groups in total. The molecule has 0 saturated carbocycles. The zero-order valence-electron chi connectivity index (χ0n) is 15.3. The van der Waals surface area contributed by atoms with Crippen LogP contribution < -0.4 is 16.2 Å². The Morgan fingerprint density at radius 2 is 1.56 bits per heavy atom. The van der Waals surface area contributed by atoms with Crippen molar-refractivity contribution in [1.29, 1.82) is 0 Å². The summed E-state index contributed by atoms with van der Waals surface area (Å²) in [4.78, 5) is 36.4. The zero-order chi connectivity index (χ0) is 19.6. The van der Waals surface area contributed by atoms with E-state index in [9.17, 15) is 14.4 Å². The van der Waals surface area contributed by atoms with E-state index in [1.165, 1.54) is 18.7 Å². The molecule has 0 saturated heterocycles. The summed E-state index contributed by atoms with van der Waals surface area (Å²) in [6.45, 7) is 3.40. The second-order valence-electron chi connectivity index (χ2n) is 6.07. The molecule has 0 bridgehead atoms. The number of hydrogen-bond donors (Lipinski definition) is 3. The second kappa shape index (κ2) is 10.4. The van der Waals surface area contributed by atoms with E-state index >= 15 is 0 Å². The van der Waals surface area contributed by atoms with Gasteiger partial charge in [-0.2, -0.15) is 0 Å². The van der Waals surface area contributed by atoms with Gasteiger partial charge in [0.15, 0.2) is 0 Å². The molecule has 6 nitrogen and oxygen atoms in total. The number of benzene rings is 2. The first-order valence-corrected chi connectivity index (χ1v) is 9.52. The monoisotopic (exact) mass is 385 g/mol. The van der Waals surface area contributed by atoms with E-state index in [0.29, 0.717) is 0 Å². The average molecular weight is 385 g/mol. The van der Waals surface area contributed by atoms with Gasteiger partial charge in [-0.25, -0.2) is 0 Å². The largest absolute Gasteiger partial charge is 0.349 e. The molecule has 7 heteroatoms. The first-order chi connectivity index (χ1) is 12.9. The summed E-state index contributed by atoms with van der Waals surface area (Å²) in [7, 11) is 0. The van der Waals surface area contributed by atoms with E-state index < -0.39 is 6.04 Å². The van der Waals surface area contributed by atoms with E-state index in [-0.39, 0.29) is 29.9 Å². The topological polar surface area (TPSA) is 87.3 Å². The van der Waals surface area contributed by atoms with Crippen LogP contribution in [0.15, 0.2) is 59.5 Å². The first kappa shape index (κ1) is 20.5. The minimum atomic E-state index is -0.456. The van der Waals surface area contributed by atoms with Crippen LogP contribution in [0.5, 0.6) is 0 Å². The van der Waals surface area contributed by atoms with E-state index in [2.05, 4.69) is 16.2 Å². The van der Waals surface area contributed by atoms with Crippen LogP contribution in [0.3, 0.4) is 0 Å². The number of rotatable bonds is 7. The molecule has 3 amide bonds. The van der Waals surface area contributed by atoms with Crippen molar-refractivity contribution >= 4 is 29.5 Å². The maximum Gasteiger partial charge on any atom is 0.248 e. The van der Waals surface area contributed by atoms with Gasteiger partial charge in [-0.3, -0.25) is 25.2 Å². The van der Waals surface area contributed by atoms with Crippen LogP contribution >= 0.6 is 11.8 Å². The third kappa shape index (κ3) is 7.53. The summed E-state index contributed by atoms with van der Waals surface area (Å²) < 4.78 is 0. The van der Waals surface area contributed by atoms with Crippen molar-refractivity contribution < 1.29 is 14.4 Å². The van der Waals surface area contributed by atoms with E-state index in [0.717, 1.165) is 16.0 Å². The number of nitrogens with one attached hydrogen (secondary N) is 3. The molecule has 0 fully saturated rings. The summed E-state index contributed by atoms with van der Waals surface area (Å²) in [6.07, 6.45) is 0.0228. The number of amides is 3. The smallest absolute Gasteiger partial charge is 0.248 e. The van der Waals surface area contributed by atoms with Crippen LogP contribution in [-0.4, -0.2) is 23.5 Å². The standard InChI is InChI=1S/C20H23N3O3S/c1-14-8-10-17(11-9-14)27-13-20(26)23-22-19(25)12-18(21-15(2)24)16-6-4-3-5-7-16/h3-11,18H,12-13H2,1-2H3,(H,21,24)(H,22,25)(H,23,26)/t18-/m1/s1. The Labute approximate surface area is 163 Å². The van der Waals surface area contributed by atoms with Crippen LogP contribution in [0.2, 0.25) is 0 Å². The van der Waals surface area contributed by atoms with Crippen molar-refractivity contribution in [3.8, 4) is 0 Å². The number of hydrogen-bond acceptors (Lipinski definition) is 4. The molecule has 2 aromatic carbocycles.